The summed E-state index contributed by atoms with van der Waals surface area (Å²) >= 11 is 0. The van der Waals surface area contributed by atoms with Gasteiger partial charge in [0.2, 0.25) is 0 Å². The predicted octanol–water partition coefficient (Wildman–Crippen LogP) is 2.05. The van der Waals surface area contributed by atoms with Crippen LogP contribution in [0.25, 0.3) is 0 Å². The van der Waals surface area contributed by atoms with E-state index in [2.05, 4.69) is 9.80 Å². The third-order valence-corrected chi connectivity index (χ3v) is 4.93. The number of nitrogens with zero attached hydrogens (tertiary/aromatic N) is 2. The molecule has 2 heterocycles. The van der Waals surface area contributed by atoms with Crippen LogP contribution in [-0.4, -0.2) is 60.1 Å². The van der Waals surface area contributed by atoms with Crippen LogP contribution in [0.4, 0.5) is 0 Å². The highest BCUT2D eigenvalue weighted by molar-refractivity contribution is 5.75. The van der Waals surface area contributed by atoms with Gasteiger partial charge < -0.3 is 14.9 Å². The van der Waals surface area contributed by atoms with E-state index in [1.165, 1.54) is 38.9 Å². The van der Waals surface area contributed by atoms with Gasteiger partial charge in [-0.05, 0) is 71.2 Å². The zero-order valence-electron chi connectivity index (χ0n) is 12.2. The Hall–Kier alpha value is -0.610. The van der Waals surface area contributed by atoms with Gasteiger partial charge in [0.25, 0.3) is 0 Å². The van der Waals surface area contributed by atoms with E-state index in [-0.39, 0.29) is 0 Å². The summed E-state index contributed by atoms with van der Waals surface area (Å²) in [5, 5.41) is 9.47. The minimum atomic E-state index is -0.598. The largest absolute Gasteiger partial charge is 0.481 e. The summed E-state index contributed by atoms with van der Waals surface area (Å²) in [6.45, 7) is 8.60. The van der Waals surface area contributed by atoms with Crippen LogP contribution in [0.15, 0.2) is 0 Å². The fourth-order valence-corrected chi connectivity index (χ4v) is 3.56. The number of hydrogen-bond donors (Lipinski definition) is 1. The van der Waals surface area contributed by atoms with E-state index >= 15 is 0 Å². The molecular weight excluding hydrogens is 240 g/mol. The van der Waals surface area contributed by atoms with Gasteiger partial charge in [-0.2, -0.15) is 0 Å². The Kier molecular flexibility index (Phi) is 5.22. The number of piperidine rings is 1. The third-order valence-electron chi connectivity index (χ3n) is 4.93. The van der Waals surface area contributed by atoms with E-state index in [0.717, 1.165) is 38.9 Å². The average Bonchev–Trinajstić information content (AvgIpc) is 2.92. The second kappa shape index (κ2) is 6.71. The van der Waals surface area contributed by atoms with Gasteiger partial charge in [0.1, 0.15) is 0 Å². The van der Waals surface area contributed by atoms with Crippen molar-refractivity contribution in [3.8, 4) is 0 Å². The van der Waals surface area contributed by atoms with E-state index in [1.807, 2.05) is 6.92 Å². The zero-order chi connectivity index (χ0) is 13.7. The highest BCUT2D eigenvalue weighted by atomic mass is 16.4. The van der Waals surface area contributed by atoms with Crippen LogP contribution in [0, 0.1) is 5.41 Å². The van der Waals surface area contributed by atoms with Crippen LogP contribution in [0.5, 0.6) is 0 Å². The highest BCUT2D eigenvalue weighted by Gasteiger charge is 2.40. The first-order chi connectivity index (χ1) is 9.16. The lowest BCUT2D eigenvalue weighted by molar-refractivity contribution is -0.152. The molecule has 1 N–H and O–H groups in total. The van der Waals surface area contributed by atoms with Gasteiger partial charge in [0.05, 0.1) is 5.41 Å². The predicted molar refractivity (Wildman–Crippen MR) is 76.3 cm³/mol. The molecule has 2 aliphatic rings. The summed E-state index contributed by atoms with van der Waals surface area (Å²) < 4.78 is 0. The van der Waals surface area contributed by atoms with E-state index < -0.39 is 11.4 Å². The first kappa shape index (κ1) is 14.8. The van der Waals surface area contributed by atoms with Crippen molar-refractivity contribution in [1.29, 1.82) is 0 Å². The Balaban J connectivity index is 1.75. The maximum Gasteiger partial charge on any atom is 0.310 e. The van der Waals surface area contributed by atoms with Crippen LogP contribution in [-0.2, 0) is 4.79 Å². The first-order valence-corrected chi connectivity index (χ1v) is 7.84. The van der Waals surface area contributed by atoms with Gasteiger partial charge in [-0.25, -0.2) is 0 Å². The van der Waals surface area contributed by atoms with Crippen molar-refractivity contribution in [2.75, 3.05) is 39.3 Å². The van der Waals surface area contributed by atoms with Gasteiger partial charge in [-0.15, -0.1) is 0 Å². The first-order valence-electron chi connectivity index (χ1n) is 7.84. The minimum Gasteiger partial charge on any atom is -0.481 e. The maximum atomic E-state index is 11.5. The topological polar surface area (TPSA) is 43.8 Å². The molecule has 0 aliphatic carbocycles. The summed E-state index contributed by atoms with van der Waals surface area (Å²) in [5.74, 6) is -0.598. The minimum absolute atomic E-state index is 0.480. The van der Waals surface area contributed by atoms with Gasteiger partial charge in [0, 0.05) is 6.54 Å². The molecular formula is C15H28N2O2. The maximum absolute atomic E-state index is 11.5. The molecule has 4 heteroatoms. The molecule has 0 bridgehead atoms. The van der Waals surface area contributed by atoms with Gasteiger partial charge in [0.15, 0.2) is 0 Å². The van der Waals surface area contributed by atoms with Crippen molar-refractivity contribution in [3.63, 3.8) is 0 Å². The van der Waals surface area contributed by atoms with E-state index in [4.69, 9.17) is 0 Å². The normalized spacial score (nSPS) is 29.7. The number of likely N-dealkylation sites (tertiary alicyclic amines) is 2. The van der Waals surface area contributed by atoms with Crippen LogP contribution in [0.2, 0.25) is 0 Å². The fourth-order valence-electron chi connectivity index (χ4n) is 3.56. The molecule has 2 aliphatic heterocycles. The summed E-state index contributed by atoms with van der Waals surface area (Å²) in [7, 11) is 0. The van der Waals surface area contributed by atoms with Crippen LogP contribution in [0.3, 0.4) is 0 Å². The SMILES string of the molecule is CCC1(C(=O)O)CCCN(CCCN2CCCC2)C1. The quantitative estimate of drug-likeness (QED) is 0.801. The van der Waals surface area contributed by atoms with Gasteiger partial charge in [-0.3, -0.25) is 4.79 Å². The molecule has 2 saturated heterocycles. The monoisotopic (exact) mass is 268 g/mol. The second-order valence-corrected chi connectivity index (χ2v) is 6.22. The highest BCUT2D eigenvalue weighted by Crippen LogP contribution is 2.33. The van der Waals surface area contributed by atoms with E-state index in [0.29, 0.717) is 0 Å². The van der Waals surface area contributed by atoms with E-state index in [1.54, 1.807) is 0 Å². The number of carboxylic acids is 1. The Labute approximate surface area is 116 Å². The molecule has 0 saturated carbocycles. The summed E-state index contributed by atoms with van der Waals surface area (Å²) in [4.78, 5) is 16.4. The van der Waals surface area contributed by atoms with Crippen LogP contribution in [0.1, 0.15) is 45.4 Å². The van der Waals surface area contributed by atoms with Crippen molar-refractivity contribution in [2.24, 2.45) is 5.41 Å². The number of aliphatic carboxylic acids is 1. The third kappa shape index (κ3) is 3.69. The van der Waals surface area contributed by atoms with Gasteiger partial charge in [-0.1, -0.05) is 6.92 Å². The summed E-state index contributed by atoms with van der Waals surface area (Å²) in [5.41, 5.74) is -0.480. The van der Waals surface area contributed by atoms with Crippen molar-refractivity contribution in [1.82, 2.24) is 9.80 Å². The molecule has 0 amide bonds. The second-order valence-electron chi connectivity index (χ2n) is 6.22. The van der Waals surface area contributed by atoms with Crippen molar-refractivity contribution in [2.45, 2.75) is 45.4 Å². The zero-order valence-corrected chi connectivity index (χ0v) is 12.2. The number of hydrogen-bond acceptors (Lipinski definition) is 3. The number of rotatable bonds is 6. The molecule has 19 heavy (non-hydrogen) atoms. The molecule has 0 aromatic rings. The van der Waals surface area contributed by atoms with Crippen LogP contribution >= 0.6 is 0 Å². The molecule has 4 nitrogen and oxygen atoms in total. The Morgan fingerprint density at radius 2 is 1.74 bits per heavy atom. The molecule has 2 rings (SSSR count). The Morgan fingerprint density at radius 1 is 1.11 bits per heavy atom. The molecule has 0 aromatic carbocycles. The Bertz CT molecular complexity index is 303. The smallest absolute Gasteiger partial charge is 0.310 e. The molecule has 0 spiro atoms. The molecule has 2 fully saturated rings. The molecule has 0 radical (unpaired) electrons. The average molecular weight is 268 g/mol. The number of carboxylic acid groups (broad SMARTS) is 1. The lowest BCUT2D eigenvalue weighted by atomic mass is 9.77. The number of carbonyl (C=O) groups is 1. The molecule has 1 unspecified atom stereocenters. The summed E-state index contributed by atoms with van der Waals surface area (Å²) in [6.07, 6.45) is 6.51. The van der Waals surface area contributed by atoms with Gasteiger partial charge >= 0.3 is 5.97 Å². The van der Waals surface area contributed by atoms with E-state index in [9.17, 15) is 9.90 Å². The molecule has 110 valence electrons. The molecule has 0 aromatic heterocycles. The Morgan fingerprint density at radius 3 is 2.37 bits per heavy atom. The fraction of sp³-hybridized carbons (Fsp3) is 0.933. The lowest BCUT2D eigenvalue weighted by Crippen LogP contribution is -2.48. The molecule has 1 atom stereocenters. The van der Waals surface area contributed by atoms with Crippen molar-refractivity contribution in [3.05, 3.63) is 0 Å². The van der Waals surface area contributed by atoms with Crippen molar-refractivity contribution >= 4 is 5.97 Å². The van der Waals surface area contributed by atoms with Crippen LogP contribution < -0.4 is 0 Å². The lowest BCUT2D eigenvalue weighted by Gasteiger charge is -2.39. The standard InChI is InChI=1S/C15H28N2O2/c1-2-15(14(18)19)7-5-10-17(13-15)12-6-11-16-8-3-4-9-16/h2-13H2,1H3,(H,18,19). The van der Waals surface area contributed by atoms with Crippen molar-refractivity contribution < 1.29 is 9.90 Å². The summed E-state index contributed by atoms with van der Waals surface area (Å²) in [6, 6.07) is 0.